The highest BCUT2D eigenvalue weighted by Crippen LogP contribution is 2.28. The number of hydrogen-bond acceptors (Lipinski definition) is 5. The zero-order valence-electron chi connectivity index (χ0n) is 16.6. The highest BCUT2D eigenvalue weighted by Gasteiger charge is 2.32. The minimum atomic E-state index is -0.293. The standard InChI is InChI=1S/C21H28N4O2/c1-15-12-23-18(16(2)20(15)27-4)14-24(3)21(26)19(25-10-5-6-11-25)17-8-7-9-22-13-17/h7-9,12-13,19H,5-6,10-11,14H2,1-4H3/t19-/m0/s1. The van der Waals surface area contributed by atoms with E-state index in [1.54, 1.807) is 30.6 Å². The van der Waals surface area contributed by atoms with Crippen LogP contribution in [-0.2, 0) is 11.3 Å². The lowest BCUT2D eigenvalue weighted by Gasteiger charge is -2.30. The number of likely N-dealkylation sites (tertiary alicyclic amines) is 1. The van der Waals surface area contributed by atoms with Crippen LogP contribution in [-0.4, -0.2) is 52.9 Å². The van der Waals surface area contributed by atoms with Gasteiger partial charge in [-0.1, -0.05) is 6.07 Å². The first kappa shape index (κ1) is 19.3. The molecule has 0 unspecified atom stereocenters. The molecule has 0 radical (unpaired) electrons. The molecule has 2 aromatic rings. The molecule has 3 heterocycles. The molecule has 0 N–H and O–H groups in total. The van der Waals surface area contributed by atoms with Crippen molar-refractivity contribution in [2.75, 3.05) is 27.2 Å². The molecule has 6 nitrogen and oxygen atoms in total. The molecule has 1 aliphatic rings. The van der Waals surface area contributed by atoms with E-state index in [1.807, 2.05) is 33.0 Å². The molecule has 0 spiro atoms. The third kappa shape index (κ3) is 4.11. The van der Waals surface area contributed by atoms with Crippen molar-refractivity contribution in [2.45, 2.75) is 39.3 Å². The summed E-state index contributed by atoms with van der Waals surface area (Å²) in [6.45, 7) is 6.30. The molecule has 1 atom stereocenters. The number of hydrogen-bond donors (Lipinski definition) is 0. The number of carbonyl (C=O) groups is 1. The van der Waals surface area contributed by atoms with Gasteiger partial charge in [0.1, 0.15) is 11.8 Å². The first-order valence-corrected chi connectivity index (χ1v) is 9.41. The SMILES string of the molecule is COc1c(C)cnc(CN(C)C(=O)[C@H](c2cccnc2)N2CCCC2)c1C. The Kier molecular flexibility index (Phi) is 6.06. The number of pyridine rings is 2. The molecule has 1 saturated heterocycles. The van der Waals surface area contributed by atoms with Crippen molar-refractivity contribution in [3.05, 3.63) is 53.1 Å². The van der Waals surface area contributed by atoms with Crippen LogP contribution in [0, 0.1) is 13.8 Å². The third-order valence-electron chi connectivity index (χ3n) is 5.25. The van der Waals surface area contributed by atoms with Crippen molar-refractivity contribution >= 4 is 5.91 Å². The molecule has 1 fully saturated rings. The van der Waals surface area contributed by atoms with E-state index in [9.17, 15) is 4.79 Å². The summed E-state index contributed by atoms with van der Waals surface area (Å²) in [5, 5.41) is 0. The molecule has 0 aromatic carbocycles. The van der Waals surface area contributed by atoms with E-state index in [-0.39, 0.29) is 11.9 Å². The molecule has 1 aliphatic heterocycles. The Bertz CT molecular complexity index is 788. The number of likely N-dealkylation sites (N-methyl/N-ethyl adjacent to an activating group) is 1. The molecular formula is C21H28N4O2. The summed E-state index contributed by atoms with van der Waals surface area (Å²) >= 11 is 0. The molecule has 144 valence electrons. The fourth-order valence-corrected chi connectivity index (χ4v) is 3.79. The van der Waals surface area contributed by atoms with Crippen LogP contribution >= 0.6 is 0 Å². The number of amides is 1. The Morgan fingerprint density at radius 1 is 1.30 bits per heavy atom. The van der Waals surface area contributed by atoms with Crippen LogP contribution in [0.3, 0.4) is 0 Å². The van der Waals surface area contributed by atoms with Gasteiger partial charge < -0.3 is 9.64 Å². The molecule has 27 heavy (non-hydrogen) atoms. The van der Waals surface area contributed by atoms with Crippen molar-refractivity contribution in [2.24, 2.45) is 0 Å². The number of rotatable bonds is 6. The van der Waals surface area contributed by atoms with Crippen LogP contribution in [0.2, 0.25) is 0 Å². The maximum atomic E-state index is 13.4. The number of methoxy groups -OCH3 is 1. The smallest absolute Gasteiger partial charge is 0.244 e. The minimum Gasteiger partial charge on any atom is -0.496 e. The van der Waals surface area contributed by atoms with E-state index in [1.165, 1.54) is 0 Å². The van der Waals surface area contributed by atoms with Crippen molar-refractivity contribution in [3.63, 3.8) is 0 Å². The summed E-state index contributed by atoms with van der Waals surface area (Å²) in [6, 6.07) is 3.58. The predicted octanol–water partition coefficient (Wildman–Crippen LogP) is 2.90. The molecule has 0 aliphatic carbocycles. The fourth-order valence-electron chi connectivity index (χ4n) is 3.79. The van der Waals surface area contributed by atoms with E-state index in [0.29, 0.717) is 6.54 Å². The van der Waals surface area contributed by atoms with Crippen LogP contribution in [0.25, 0.3) is 0 Å². The lowest BCUT2D eigenvalue weighted by molar-refractivity contribution is -0.136. The summed E-state index contributed by atoms with van der Waals surface area (Å²) in [6.07, 6.45) is 7.60. The third-order valence-corrected chi connectivity index (χ3v) is 5.25. The summed E-state index contributed by atoms with van der Waals surface area (Å²) in [4.78, 5) is 26.1. The molecular weight excluding hydrogens is 340 g/mol. The summed E-state index contributed by atoms with van der Waals surface area (Å²) in [5.41, 5.74) is 3.79. The highest BCUT2D eigenvalue weighted by atomic mass is 16.5. The Labute approximate surface area is 161 Å². The van der Waals surface area contributed by atoms with Gasteiger partial charge in [0.15, 0.2) is 0 Å². The van der Waals surface area contributed by atoms with Crippen LogP contribution in [0.5, 0.6) is 5.75 Å². The van der Waals surface area contributed by atoms with Crippen molar-refractivity contribution in [1.29, 1.82) is 0 Å². The van der Waals surface area contributed by atoms with E-state index in [0.717, 1.165) is 54.1 Å². The van der Waals surface area contributed by atoms with Gasteiger partial charge in [0, 0.05) is 36.8 Å². The average Bonchev–Trinajstić information content (AvgIpc) is 3.19. The molecule has 1 amide bonds. The van der Waals surface area contributed by atoms with Crippen LogP contribution in [0.1, 0.15) is 41.3 Å². The number of aromatic nitrogens is 2. The topological polar surface area (TPSA) is 58.6 Å². The van der Waals surface area contributed by atoms with Gasteiger partial charge in [-0.3, -0.25) is 19.7 Å². The number of carbonyl (C=O) groups excluding carboxylic acids is 1. The van der Waals surface area contributed by atoms with Crippen LogP contribution in [0.4, 0.5) is 0 Å². The first-order chi connectivity index (χ1) is 13.0. The maximum Gasteiger partial charge on any atom is 0.244 e. The Balaban J connectivity index is 1.84. The van der Waals surface area contributed by atoms with Gasteiger partial charge in [0.05, 0.1) is 19.3 Å². The summed E-state index contributed by atoms with van der Waals surface area (Å²) in [5.74, 6) is 0.912. The molecule has 6 heteroatoms. The monoisotopic (exact) mass is 368 g/mol. The second kappa shape index (κ2) is 8.48. The quantitative estimate of drug-likeness (QED) is 0.785. The minimum absolute atomic E-state index is 0.0747. The average molecular weight is 368 g/mol. The van der Waals surface area contributed by atoms with Gasteiger partial charge >= 0.3 is 0 Å². The lowest BCUT2D eigenvalue weighted by atomic mass is 10.1. The van der Waals surface area contributed by atoms with Crippen LogP contribution in [0.15, 0.2) is 30.7 Å². The fraction of sp³-hybridized carbons (Fsp3) is 0.476. The van der Waals surface area contributed by atoms with E-state index < -0.39 is 0 Å². The second-order valence-electron chi connectivity index (χ2n) is 7.17. The number of nitrogens with zero attached hydrogens (tertiary/aromatic N) is 4. The van der Waals surface area contributed by atoms with Gasteiger partial charge in [0.25, 0.3) is 0 Å². The largest absolute Gasteiger partial charge is 0.496 e. The maximum absolute atomic E-state index is 13.4. The Hall–Kier alpha value is -2.47. The summed E-state index contributed by atoms with van der Waals surface area (Å²) < 4.78 is 5.50. The van der Waals surface area contributed by atoms with E-state index in [4.69, 9.17) is 4.74 Å². The van der Waals surface area contributed by atoms with Gasteiger partial charge in [-0.15, -0.1) is 0 Å². The zero-order valence-corrected chi connectivity index (χ0v) is 16.6. The Morgan fingerprint density at radius 3 is 2.67 bits per heavy atom. The zero-order chi connectivity index (χ0) is 19.4. The number of ether oxygens (including phenoxy) is 1. The van der Waals surface area contributed by atoms with Crippen molar-refractivity contribution in [3.8, 4) is 5.75 Å². The Morgan fingerprint density at radius 2 is 2.04 bits per heavy atom. The van der Waals surface area contributed by atoms with Gasteiger partial charge in [-0.05, 0) is 51.4 Å². The normalized spacial score (nSPS) is 15.6. The molecule has 0 bridgehead atoms. The van der Waals surface area contributed by atoms with E-state index >= 15 is 0 Å². The second-order valence-corrected chi connectivity index (χ2v) is 7.17. The van der Waals surface area contributed by atoms with Crippen molar-refractivity contribution in [1.82, 2.24) is 19.8 Å². The lowest BCUT2D eigenvalue weighted by Crippen LogP contribution is -2.40. The highest BCUT2D eigenvalue weighted by molar-refractivity contribution is 5.83. The molecule has 0 saturated carbocycles. The van der Waals surface area contributed by atoms with Crippen LogP contribution < -0.4 is 4.74 Å². The van der Waals surface area contributed by atoms with Gasteiger partial charge in [0.2, 0.25) is 5.91 Å². The van der Waals surface area contributed by atoms with Gasteiger partial charge in [-0.2, -0.15) is 0 Å². The summed E-state index contributed by atoms with van der Waals surface area (Å²) in [7, 11) is 3.51. The molecule has 2 aromatic heterocycles. The first-order valence-electron chi connectivity index (χ1n) is 9.41. The van der Waals surface area contributed by atoms with Crippen molar-refractivity contribution < 1.29 is 9.53 Å². The van der Waals surface area contributed by atoms with E-state index in [2.05, 4.69) is 14.9 Å². The number of aryl methyl sites for hydroxylation is 1. The predicted molar refractivity (Wildman–Crippen MR) is 105 cm³/mol. The van der Waals surface area contributed by atoms with Gasteiger partial charge in [-0.25, -0.2) is 0 Å². The molecule has 3 rings (SSSR count).